The van der Waals surface area contributed by atoms with Crippen LogP contribution >= 0.6 is 0 Å². The number of nitrogens with zero attached hydrogens (tertiary/aromatic N) is 4. The molecule has 2 aromatic heterocycles. The van der Waals surface area contributed by atoms with E-state index in [1.54, 1.807) is 38.4 Å². The van der Waals surface area contributed by atoms with Crippen molar-refractivity contribution in [1.82, 2.24) is 20.0 Å². The van der Waals surface area contributed by atoms with Gasteiger partial charge in [0.15, 0.2) is 5.69 Å². The lowest BCUT2D eigenvalue weighted by Crippen LogP contribution is -2.21. The maximum atomic E-state index is 11.2. The van der Waals surface area contributed by atoms with Crippen molar-refractivity contribution in [3.63, 3.8) is 0 Å². The Labute approximate surface area is 115 Å². The van der Waals surface area contributed by atoms with Crippen LogP contribution in [0.2, 0.25) is 0 Å². The van der Waals surface area contributed by atoms with Gasteiger partial charge in [-0.3, -0.25) is 4.98 Å². The van der Waals surface area contributed by atoms with Crippen LogP contribution in [0.25, 0.3) is 11.3 Å². The molecule has 7 heteroatoms. The third kappa shape index (κ3) is 3.18. The summed E-state index contributed by atoms with van der Waals surface area (Å²) in [5.74, 6) is -1.14. The van der Waals surface area contributed by atoms with Crippen LogP contribution in [-0.4, -0.2) is 41.8 Å². The highest BCUT2D eigenvalue weighted by Gasteiger charge is 2.22. The number of aryl methyl sites for hydroxylation is 1. The standard InChI is InChI=1S/C13H16N4O3/c1-13(2,20)5-7-17-11(9-4-3-6-14-8-9)10(12(18)19)15-16-17/h3-4,6,8,20H,5,7H2,1-2H3,(H,18,19). The number of aromatic carboxylic acids is 1. The number of hydrogen-bond donors (Lipinski definition) is 2. The predicted molar refractivity (Wildman–Crippen MR) is 71.1 cm³/mol. The number of pyridine rings is 1. The Morgan fingerprint density at radius 3 is 2.75 bits per heavy atom. The van der Waals surface area contributed by atoms with Crippen molar-refractivity contribution in [3.8, 4) is 11.3 Å². The Hall–Kier alpha value is -2.28. The molecule has 0 aliphatic rings. The van der Waals surface area contributed by atoms with Gasteiger partial charge in [0.2, 0.25) is 0 Å². The molecule has 106 valence electrons. The van der Waals surface area contributed by atoms with Gasteiger partial charge in [-0.2, -0.15) is 0 Å². The molecule has 2 aromatic rings. The molecule has 20 heavy (non-hydrogen) atoms. The number of aliphatic hydroxyl groups is 1. The Morgan fingerprint density at radius 1 is 1.45 bits per heavy atom. The molecule has 0 bridgehead atoms. The molecule has 0 spiro atoms. The Balaban J connectivity index is 2.41. The first-order valence-corrected chi connectivity index (χ1v) is 6.18. The summed E-state index contributed by atoms with van der Waals surface area (Å²) in [6, 6.07) is 3.47. The number of hydrogen-bond acceptors (Lipinski definition) is 5. The SMILES string of the molecule is CC(C)(O)CCn1nnc(C(=O)O)c1-c1cccnc1. The van der Waals surface area contributed by atoms with Crippen LogP contribution < -0.4 is 0 Å². The molecule has 0 saturated carbocycles. The molecular formula is C13H16N4O3. The first-order chi connectivity index (χ1) is 9.38. The Morgan fingerprint density at radius 2 is 2.20 bits per heavy atom. The highest BCUT2D eigenvalue weighted by atomic mass is 16.4. The van der Waals surface area contributed by atoms with Crippen molar-refractivity contribution in [2.75, 3.05) is 0 Å². The van der Waals surface area contributed by atoms with Gasteiger partial charge >= 0.3 is 5.97 Å². The summed E-state index contributed by atoms with van der Waals surface area (Å²) in [7, 11) is 0. The molecule has 2 N–H and O–H groups in total. The molecule has 2 heterocycles. The van der Waals surface area contributed by atoms with Crippen molar-refractivity contribution in [3.05, 3.63) is 30.2 Å². The van der Waals surface area contributed by atoms with Crippen molar-refractivity contribution < 1.29 is 15.0 Å². The monoisotopic (exact) mass is 276 g/mol. The van der Waals surface area contributed by atoms with E-state index in [-0.39, 0.29) is 5.69 Å². The zero-order valence-electron chi connectivity index (χ0n) is 11.3. The van der Waals surface area contributed by atoms with Crippen LogP contribution in [0, 0.1) is 0 Å². The topological polar surface area (TPSA) is 101 Å². The van der Waals surface area contributed by atoms with E-state index in [2.05, 4.69) is 15.3 Å². The minimum Gasteiger partial charge on any atom is -0.476 e. The smallest absolute Gasteiger partial charge is 0.358 e. The van der Waals surface area contributed by atoms with E-state index >= 15 is 0 Å². The summed E-state index contributed by atoms with van der Waals surface area (Å²) >= 11 is 0. The second-order valence-corrected chi connectivity index (χ2v) is 5.12. The Kier molecular flexibility index (Phi) is 3.80. The van der Waals surface area contributed by atoms with Gasteiger partial charge in [-0.1, -0.05) is 5.21 Å². The van der Waals surface area contributed by atoms with Gasteiger partial charge in [0.1, 0.15) is 5.69 Å². The number of rotatable bonds is 5. The third-order valence-electron chi connectivity index (χ3n) is 2.81. The molecule has 0 amide bonds. The van der Waals surface area contributed by atoms with Gasteiger partial charge in [-0.25, -0.2) is 9.48 Å². The van der Waals surface area contributed by atoms with Crippen LogP contribution in [0.3, 0.4) is 0 Å². The lowest BCUT2D eigenvalue weighted by molar-refractivity contribution is 0.0650. The zero-order chi connectivity index (χ0) is 14.8. The summed E-state index contributed by atoms with van der Waals surface area (Å²) < 4.78 is 1.48. The molecule has 0 fully saturated rings. The van der Waals surface area contributed by atoms with E-state index in [1.165, 1.54) is 4.68 Å². The van der Waals surface area contributed by atoms with Crippen LogP contribution in [0.5, 0.6) is 0 Å². The molecule has 0 aromatic carbocycles. The maximum absolute atomic E-state index is 11.2. The van der Waals surface area contributed by atoms with Crippen LogP contribution in [-0.2, 0) is 6.54 Å². The second kappa shape index (κ2) is 5.38. The van der Waals surface area contributed by atoms with E-state index in [9.17, 15) is 15.0 Å². The van der Waals surface area contributed by atoms with Gasteiger partial charge in [0, 0.05) is 24.5 Å². The number of carboxylic acid groups (broad SMARTS) is 1. The zero-order valence-corrected chi connectivity index (χ0v) is 11.3. The average molecular weight is 276 g/mol. The lowest BCUT2D eigenvalue weighted by atomic mass is 10.1. The first-order valence-electron chi connectivity index (χ1n) is 6.18. The van der Waals surface area contributed by atoms with Crippen molar-refractivity contribution >= 4 is 5.97 Å². The fourth-order valence-corrected chi connectivity index (χ4v) is 1.78. The number of carbonyl (C=O) groups is 1. The summed E-state index contributed by atoms with van der Waals surface area (Å²) in [6.07, 6.45) is 3.60. The largest absolute Gasteiger partial charge is 0.476 e. The van der Waals surface area contributed by atoms with Crippen LogP contribution in [0.1, 0.15) is 30.8 Å². The van der Waals surface area contributed by atoms with E-state index in [4.69, 9.17) is 0 Å². The number of aromatic nitrogens is 4. The molecule has 0 aliphatic heterocycles. The molecule has 0 aliphatic carbocycles. The molecule has 0 atom stereocenters. The highest BCUT2D eigenvalue weighted by Crippen LogP contribution is 2.22. The summed E-state index contributed by atoms with van der Waals surface area (Å²) in [6.45, 7) is 3.74. The summed E-state index contributed by atoms with van der Waals surface area (Å²) in [5, 5.41) is 26.5. The second-order valence-electron chi connectivity index (χ2n) is 5.12. The third-order valence-corrected chi connectivity index (χ3v) is 2.81. The van der Waals surface area contributed by atoms with Gasteiger partial charge < -0.3 is 10.2 Å². The molecule has 7 nitrogen and oxygen atoms in total. The van der Waals surface area contributed by atoms with Crippen LogP contribution in [0.15, 0.2) is 24.5 Å². The van der Waals surface area contributed by atoms with Gasteiger partial charge in [0.25, 0.3) is 0 Å². The van der Waals surface area contributed by atoms with E-state index in [1.807, 2.05) is 0 Å². The maximum Gasteiger partial charge on any atom is 0.358 e. The quantitative estimate of drug-likeness (QED) is 0.851. The van der Waals surface area contributed by atoms with E-state index in [0.29, 0.717) is 24.2 Å². The van der Waals surface area contributed by atoms with Crippen molar-refractivity contribution in [2.45, 2.75) is 32.4 Å². The predicted octanol–water partition coefficient (Wildman–Crippen LogP) is 1.20. The molecule has 0 unspecified atom stereocenters. The fourth-order valence-electron chi connectivity index (χ4n) is 1.78. The highest BCUT2D eigenvalue weighted by molar-refractivity contribution is 5.92. The summed E-state index contributed by atoms with van der Waals surface area (Å²) in [5.41, 5.74) is 0.0518. The summed E-state index contributed by atoms with van der Waals surface area (Å²) in [4.78, 5) is 15.2. The normalized spacial score (nSPS) is 11.6. The molecular weight excluding hydrogens is 260 g/mol. The molecule has 0 saturated heterocycles. The van der Waals surface area contributed by atoms with E-state index in [0.717, 1.165) is 0 Å². The lowest BCUT2D eigenvalue weighted by Gasteiger charge is -2.17. The first kappa shape index (κ1) is 14.1. The molecule has 2 rings (SSSR count). The van der Waals surface area contributed by atoms with Gasteiger partial charge in [-0.15, -0.1) is 5.10 Å². The van der Waals surface area contributed by atoms with E-state index < -0.39 is 11.6 Å². The van der Waals surface area contributed by atoms with Gasteiger partial charge in [-0.05, 0) is 32.4 Å². The van der Waals surface area contributed by atoms with Gasteiger partial charge in [0.05, 0.1) is 5.60 Å². The van der Waals surface area contributed by atoms with Crippen molar-refractivity contribution in [2.24, 2.45) is 0 Å². The minimum atomic E-state index is -1.14. The Bertz CT molecular complexity index is 602. The fraction of sp³-hybridized carbons (Fsp3) is 0.385. The average Bonchev–Trinajstić information content (AvgIpc) is 2.80. The van der Waals surface area contributed by atoms with Crippen molar-refractivity contribution in [1.29, 1.82) is 0 Å². The van der Waals surface area contributed by atoms with Crippen LogP contribution in [0.4, 0.5) is 0 Å². The minimum absolute atomic E-state index is 0.117. The molecule has 0 radical (unpaired) electrons. The number of carboxylic acids is 1.